The molecule has 2 fully saturated rings. The largest absolute Gasteiger partial charge is 0.381 e. The number of ether oxygens (including phenoxy) is 1. The Hall–Kier alpha value is -1.27. The second kappa shape index (κ2) is 8.21. The van der Waals surface area contributed by atoms with E-state index < -0.39 is 0 Å². The zero-order chi connectivity index (χ0) is 16.8. The van der Waals surface area contributed by atoms with Crippen LogP contribution in [0.4, 0.5) is 4.39 Å². The summed E-state index contributed by atoms with van der Waals surface area (Å²) in [7, 11) is 1.85. The summed E-state index contributed by atoms with van der Waals surface area (Å²) in [5.74, 6) is 1.83. The molecule has 2 saturated heterocycles. The average Bonchev–Trinajstić information content (AvgIpc) is 3.23. The molecule has 0 amide bonds. The number of hydrogen-bond acceptors (Lipinski definition) is 3. The van der Waals surface area contributed by atoms with E-state index in [0.29, 0.717) is 5.41 Å². The van der Waals surface area contributed by atoms with E-state index in [1.54, 1.807) is 11.8 Å². The molecule has 1 spiro atoms. The van der Waals surface area contributed by atoms with Gasteiger partial charge in [0.05, 0.1) is 6.61 Å². The number of guanidine groups is 1. The van der Waals surface area contributed by atoms with Gasteiger partial charge >= 0.3 is 0 Å². The molecule has 0 aliphatic carbocycles. The van der Waals surface area contributed by atoms with Gasteiger partial charge in [-0.25, -0.2) is 4.39 Å². The van der Waals surface area contributed by atoms with Gasteiger partial charge < -0.3 is 15.0 Å². The molecule has 1 aromatic carbocycles. The Labute approximate surface area is 147 Å². The van der Waals surface area contributed by atoms with E-state index in [2.05, 4.69) is 15.2 Å². The van der Waals surface area contributed by atoms with Crippen LogP contribution in [0.3, 0.4) is 0 Å². The molecule has 1 atom stereocenters. The Morgan fingerprint density at radius 2 is 2.21 bits per heavy atom. The molecule has 2 heterocycles. The molecule has 24 heavy (non-hydrogen) atoms. The zero-order valence-corrected chi connectivity index (χ0v) is 15.1. The van der Waals surface area contributed by atoms with Crippen LogP contribution in [0.1, 0.15) is 19.3 Å². The normalized spacial score (nSPS) is 24.1. The molecule has 3 rings (SSSR count). The van der Waals surface area contributed by atoms with Gasteiger partial charge in [0, 0.05) is 43.6 Å². The third-order valence-corrected chi connectivity index (χ3v) is 5.92. The highest BCUT2D eigenvalue weighted by Crippen LogP contribution is 2.38. The van der Waals surface area contributed by atoms with Crippen LogP contribution in [0.15, 0.2) is 34.2 Å². The first-order chi connectivity index (χ1) is 11.7. The number of halogens is 1. The Bertz CT molecular complexity index is 558. The van der Waals surface area contributed by atoms with Crippen molar-refractivity contribution in [3.05, 3.63) is 30.1 Å². The number of thioether (sulfide) groups is 1. The van der Waals surface area contributed by atoms with Gasteiger partial charge in [-0.1, -0.05) is 0 Å². The van der Waals surface area contributed by atoms with Crippen LogP contribution in [-0.4, -0.2) is 56.5 Å². The van der Waals surface area contributed by atoms with Crippen LogP contribution in [0.5, 0.6) is 0 Å². The lowest BCUT2D eigenvalue weighted by Gasteiger charge is -2.24. The molecule has 0 saturated carbocycles. The quantitative estimate of drug-likeness (QED) is 0.383. The standard InChI is InChI=1S/C18H26FN3OS/c1-20-17(22-10-7-18(13-22)8-11-23-14-18)21-9-2-12-24-16-5-3-15(19)4-6-16/h3-6H,2,7-14H2,1H3,(H,20,21). The molecular weight excluding hydrogens is 325 g/mol. The van der Waals surface area contributed by atoms with Crippen LogP contribution in [-0.2, 0) is 4.74 Å². The fourth-order valence-corrected chi connectivity index (χ4v) is 4.27. The lowest BCUT2D eigenvalue weighted by atomic mass is 9.87. The van der Waals surface area contributed by atoms with Gasteiger partial charge in [0.1, 0.15) is 5.82 Å². The van der Waals surface area contributed by atoms with Gasteiger partial charge in [0.25, 0.3) is 0 Å². The maximum absolute atomic E-state index is 12.9. The van der Waals surface area contributed by atoms with E-state index in [1.165, 1.54) is 25.0 Å². The van der Waals surface area contributed by atoms with Gasteiger partial charge in [-0.05, 0) is 49.3 Å². The number of nitrogens with one attached hydrogen (secondary N) is 1. The lowest BCUT2D eigenvalue weighted by Crippen LogP contribution is -2.41. The molecular formula is C18H26FN3OS. The predicted molar refractivity (Wildman–Crippen MR) is 97.2 cm³/mol. The molecule has 0 aromatic heterocycles. The molecule has 2 aliphatic heterocycles. The Balaban J connectivity index is 1.37. The van der Waals surface area contributed by atoms with Crippen molar-refractivity contribution in [1.29, 1.82) is 0 Å². The highest BCUT2D eigenvalue weighted by Gasteiger charge is 2.42. The molecule has 0 bridgehead atoms. The van der Waals surface area contributed by atoms with E-state index in [0.717, 1.165) is 55.9 Å². The summed E-state index contributed by atoms with van der Waals surface area (Å²) < 4.78 is 18.5. The smallest absolute Gasteiger partial charge is 0.193 e. The van der Waals surface area contributed by atoms with Crippen molar-refractivity contribution in [2.24, 2.45) is 10.4 Å². The van der Waals surface area contributed by atoms with Crippen LogP contribution in [0.25, 0.3) is 0 Å². The molecule has 1 aromatic rings. The lowest BCUT2D eigenvalue weighted by molar-refractivity contribution is 0.156. The molecule has 1 N–H and O–H groups in total. The number of aliphatic imine (C=N–C) groups is 1. The molecule has 0 radical (unpaired) electrons. The highest BCUT2D eigenvalue weighted by atomic mass is 32.2. The summed E-state index contributed by atoms with van der Waals surface area (Å²) in [6, 6.07) is 6.69. The fourth-order valence-electron chi connectivity index (χ4n) is 3.41. The van der Waals surface area contributed by atoms with Gasteiger partial charge in [-0.3, -0.25) is 4.99 Å². The minimum absolute atomic E-state index is 0.180. The summed E-state index contributed by atoms with van der Waals surface area (Å²) in [5.41, 5.74) is 0.357. The maximum atomic E-state index is 12.9. The fraction of sp³-hybridized carbons (Fsp3) is 0.611. The van der Waals surface area contributed by atoms with Crippen molar-refractivity contribution in [1.82, 2.24) is 10.2 Å². The Morgan fingerprint density at radius 3 is 2.92 bits per heavy atom. The van der Waals surface area contributed by atoms with Crippen LogP contribution < -0.4 is 5.32 Å². The second-order valence-electron chi connectivity index (χ2n) is 6.60. The first kappa shape index (κ1) is 17.5. The van der Waals surface area contributed by atoms with E-state index in [1.807, 2.05) is 19.2 Å². The molecule has 2 aliphatic rings. The molecule has 132 valence electrons. The average molecular weight is 351 g/mol. The van der Waals surface area contributed by atoms with Crippen molar-refractivity contribution < 1.29 is 9.13 Å². The van der Waals surface area contributed by atoms with E-state index in [-0.39, 0.29) is 5.82 Å². The number of hydrogen-bond donors (Lipinski definition) is 1. The Kier molecular flexibility index (Phi) is 6.00. The SMILES string of the molecule is CN=C(NCCCSc1ccc(F)cc1)N1CCC2(CCOC2)C1. The molecule has 1 unspecified atom stereocenters. The minimum Gasteiger partial charge on any atom is -0.381 e. The van der Waals surface area contributed by atoms with Crippen molar-refractivity contribution in [2.45, 2.75) is 24.2 Å². The zero-order valence-electron chi connectivity index (χ0n) is 14.3. The summed E-state index contributed by atoms with van der Waals surface area (Å²) in [6.07, 6.45) is 3.42. The maximum Gasteiger partial charge on any atom is 0.193 e. The Morgan fingerprint density at radius 1 is 1.38 bits per heavy atom. The van der Waals surface area contributed by atoms with E-state index in [4.69, 9.17) is 4.74 Å². The predicted octanol–water partition coefficient (Wildman–Crippen LogP) is 3.00. The van der Waals surface area contributed by atoms with Gasteiger partial charge in [-0.2, -0.15) is 0 Å². The van der Waals surface area contributed by atoms with Crippen LogP contribution >= 0.6 is 11.8 Å². The van der Waals surface area contributed by atoms with E-state index >= 15 is 0 Å². The van der Waals surface area contributed by atoms with Crippen molar-refractivity contribution >= 4 is 17.7 Å². The third kappa shape index (κ3) is 4.42. The number of nitrogens with zero attached hydrogens (tertiary/aromatic N) is 2. The van der Waals surface area contributed by atoms with Crippen molar-refractivity contribution in [3.63, 3.8) is 0 Å². The third-order valence-electron chi connectivity index (χ3n) is 4.82. The van der Waals surface area contributed by atoms with Crippen molar-refractivity contribution in [2.75, 3.05) is 45.6 Å². The molecule has 4 nitrogen and oxygen atoms in total. The summed E-state index contributed by atoms with van der Waals surface area (Å²) in [5, 5.41) is 3.47. The number of benzene rings is 1. The van der Waals surface area contributed by atoms with Gasteiger partial charge in [-0.15, -0.1) is 11.8 Å². The molecule has 6 heteroatoms. The minimum atomic E-state index is -0.180. The first-order valence-corrected chi connectivity index (χ1v) is 9.61. The topological polar surface area (TPSA) is 36.9 Å². The number of likely N-dealkylation sites (tertiary alicyclic amines) is 1. The summed E-state index contributed by atoms with van der Waals surface area (Å²) >= 11 is 1.76. The van der Waals surface area contributed by atoms with Gasteiger partial charge in [0.2, 0.25) is 0 Å². The number of rotatable bonds is 5. The summed E-state index contributed by atoms with van der Waals surface area (Å²) in [4.78, 5) is 7.91. The highest BCUT2D eigenvalue weighted by molar-refractivity contribution is 7.99. The van der Waals surface area contributed by atoms with E-state index in [9.17, 15) is 4.39 Å². The first-order valence-electron chi connectivity index (χ1n) is 8.63. The second-order valence-corrected chi connectivity index (χ2v) is 7.77. The summed E-state index contributed by atoms with van der Waals surface area (Å²) in [6.45, 7) is 4.82. The van der Waals surface area contributed by atoms with Crippen LogP contribution in [0, 0.1) is 11.2 Å². The monoisotopic (exact) mass is 351 g/mol. The van der Waals surface area contributed by atoms with Crippen molar-refractivity contribution in [3.8, 4) is 0 Å². The van der Waals surface area contributed by atoms with Crippen LogP contribution in [0.2, 0.25) is 0 Å². The van der Waals surface area contributed by atoms with Gasteiger partial charge in [0.15, 0.2) is 5.96 Å².